The Morgan fingerprint density at radius 1 is 1.08 bits per heavy atom. The third kappa shape index (κ3) is 3.28. The van der Waals surface area contributed by atoms with E-state index >= 15 is 0 Å². The van der Waals surface area contributed by atoms with Crippen molar-refractivity contribution >= 4 is 46.4 Å². The summed E-state index contributed by atoms with van der Waals surface area (Å²) in [5.41, 5.74) is 4.01. The lowest BCUT2D eigenvalue weighted by Gasteiger charge is -2.15. The molecule has 1 N–H and O–H groups in total. The van der Waals surface area contributed by atoms with Gasteiger partial charge in [0.15, 0.2) is 5.17 Å². The standard InChI is InChI=1S/C19H18N2OS2/c1-12-4-7-15(10-13(12)2)21-18(22)17(24-19(21)20)11-14-5-8-16(23-3)9-6-14/h4-11,20H,1-3H3. The molecule has 1 saturated heterocycles. The van der Waals surface area contributed by atoms with Gasteiger partial charge in [-0.3, -0.25) is 15.1 Å². The lowest BCUT2D eigenvalue weighted by atomic mass is 10.1. The quantitative estimate of drug-likeness (QED) is 0.617. The molecule has 24 heavy (non-hydrogen) atoms. The highest BCUT2D eigenvalue weighted by molar-refractivity contribution is 8.19. The van der Waals surface area contributed by atoms with Crippen molar-refractivity contribution in [2.75, 3.05) is 11.2 Å². The van der Waals surface area contributed by atoms with E-state index in [4.69, 9.17) is 5.41 Å². The van der Waals surface area contributed by atoms with E-state index in [2.05, 4.69) is 0 Å². The lowest BCUT2D eigenvalue weighted by molar-refractivity contribution is -0.113. The third-order valence-corrected chi connectivity index (χ3v) is 5.62. The molecule has 2 aromatic carbocycles. The van der Waals surface area contributed by atoms with E-state index in [1.54, 1.807) is 11.8 Å². The number of aryl methyl sites for hydroxylation is 2. The molecule has 122 valence electrons. The fourth-order valence-corrected chi connectivity index (χ4v) is 3.71. The molecular weight excluding hydrogens is 336 g/mol. The molecular formula is C19H18N2OS2. The molecule has 0 radical (unpaired) electrons. The van der Waals surface area contributed by atoms with Gasteiger partial charge in [0.05, 0.1) is 10.6 Å². The van der Waals surface area contributed by atoms with E-state index in [0.717, 1.165) is 16.8 Å². The molecule has 0 aromatic heterocycles. The van der Waals surface area contributed by atoms with Gasteiger partial charge in [0.1, 0.15) is 0 Å². The molecule has 0 bridgehead atoms. The van der Waals surface area contributed by atoms with Crippen LogP contribution >= 0.6 is 23.5 Å². The first-order valence-electron chi connectivity index (χ1n) is 7.53. The second kappa shape index (κ2) is 6.87. The van der Waals surface area contributed by atoms with E-state index in [1.807, 2.05) is 68.6 Å². The maximum atomic E-state index is 12.7. The van der Waals surface area contributed by atoms with Crippen LogP contribution in [0.25, 0.3) is 6.08 Å². The molecule has 1 fully saturated rings. The van der Waals surface area contributed by atoms with E-state index in [0.29, 0.717) is 4.91 Å². The Morgan fingerprint density at radius 2 is 1.79 bits per heavy atom. The van der Waals surface area contributed by atoms with Crippen molar-refractivity contribution < 1.29 is 4.79 Å². The minimum atomic E-state index is -0.137. The van der Waals surface area contributed by atoms with Gasteiger partial charge in [-0.25, -0.2) is 0 Å². The third-order valence-electron chi connectivity index (χ3n) is 3.99. The number of nitrogens with one attached hydrogen (secondary N) is 1. The van der Waals surface area contributed by atoms with Gasteiger partial charge in [-0.2, -0.15) is 0 Å². The van der Waals surface area contributed by atoms with Crippen molar-refractivity contribution in [1.29, 1.82) is 5.41 Å². The second-order valence-corrected chi connectivity index (χ2v) is 7.51. The highest BCUT2D eigenvalue weighted by Gasteiger charge is 2.33. The van der Waals surface area contributed by atoms with Crippen LogP contribution in [0.5, 0.6) is 0 Å². The number of benzene rings is 2. The van der Waals surface area contributed by atoms with E-state index in [9.17, 15) is 4.79 Å². The van der Waals surface area contributed by atoms with Gasteiger partial charge in [-0.05, 0) is 78.9 Å². The lowest BCUT2D eigenvalue weighted by Crippen LogP contribution is -2.28. The van der Waals surface area contributed by atoms with Crippen LogP contribution in [0.15, 0.2) is 52.3 Å². The highest BCUT2D eigenvalue weighted by Crippen LogP contribution is 2.35. The number of amides is 1. The van der Waals surface area contributed by atoms with Crippen molar-refractivity contribution in [3.63, 3.8) is 0 Å². The Balaban J connectivity index is 1.90. The zero-order valence-corrected chi connectivity index (χ0v) is 15.4. The van der Waals surface area contributed by atoms with Crippen LogP contribution in [0.1, 0.15) is 16.7 Å². The molecule has 1 heterocycles. The van der Waals surface area contributed by atoms with Crippen molar-refractivity contribution in [3.05, 3.63) is 64.1 Å². The Kier molecular flexibility index (Phi) is 4.83. The van der Waals surface area contributed by atoms with Crippen molar-refractivity contribution in [3.8, 4) is 0 Å². The molecule has 5 heteroatoms. The zero-order chi connectivity index (χ0) is 17.3. The summed E-state index contributed by atoms with van der Waals surface area (Å²) in [6, 6.07) is 13.9. The summed E-state index contributed by atoms with van der Waals surface area (Å²) in [5, 5.41) is 8.43. The van der Waals surface area contributed by atoms with Crippen LogP contribution < -0.4 is 4.90 Å². The highest BCUT2D eigenvalue weighted by atomic mass is 32.2. The molecule has 0 saturated carbocycles. The van der Waals surface area contributed by atoms with Crippen molar-refractivity contribution in [2.24, 2.45) is 0 Å². The number of anilines is 1. The van der Waals surface area contributed by atoms with Gasteiger partial charge in [0.25, 0.3) is 5.91 Å². The van der Waals surface area contributed by atoms with E-state index in [-0.39, 0.29) is 11.1 Å². The predicted octanol–water partition coefficient (Wildman–Crippen LogP) is 5.08. The molecule has 0 unspecified atom stereocenters. The van der Waals surface area contributed by atoms with E-state index in [1.165, 1.54) is 27.1 Å². The Bertz CT molecular complexity index is 841. The molecule has 1 aliphatic rings. The van der Waals surface area contributed by atoms with Crippen molar-refractivity contribution in [2.45, 2.75) is 18.7 Å². The molecule has 1 amide bonds. The van der Waals surface area contributed by atoms with Gasteiger partial charge in [0.2, 0.25) is 0 Å². The SMILES string of the molecule is CSc1ccc(C=C2SC(=N)N(c3ccc(C)c(C)c3)C2=O)cc1. The Morgan fingerprint density at radius 3 is 2.42 bits per heavy atom. The molecule has 3 rings (SSSR count). The molecule has 2 aromatic rings. The maximum absolute atomic E-state index is 12.7. The van der Waals surface area contributed by atoms with Crippen LogP contribution in [-0.2, 0) is 4.79 Å². The first kappa shape index (κ1) is 16.9. The van der Waals surface area contributed by atoms with Crippen LogP contribution in [0, 0.1) is 19.3 Å². The molecule has 0 spiro atoms. The fourth-order valence-electron chi connectivity index (χ4n) is 2.44. The number of amidine groups is 1. The molecule has 1 aliphatic heterocycles. The molecule has 0 atom stereocenters. The smallest absolute Gasteiger partial charge is 0.271 e. The van der Waals surface area contributed by atoms with Gasteiger partial charge in [-0.15, -0.1) is 11.8 Å². The topological polar surface area (TPSA) is 44.2 Å². The first-order valence-corrected chi connectivity index (χ1v) is 9.57. The monoisotopic (exact) mass is 354 g/mol. The summed E-state index contributed by atoms with van der Waals surface area (Å²) in [7, 11) is 0. The minimum Gasteiger partial charge on any atom is -0.278 e. The minimum absolute atomic E-state index is 0.137. The summed E-state index contributed by atoms with van der Waals surface area (Å²) < 4.78 is 0. The zero-order valence-electron chi connectivity index (χ0n) is 13.8. The summed E-state index contributed by atoms with van der Waals surface area (Å²) in [5.74, 6) is -0.137. The number of carbonyl (C=O) groups excluding carboxylic acids is 1. The average molecular weight is 355 g/mol. The number of thioether (sulfide) groups is 2. The molecule has 0 aliphatic carbocycles. The summed E-state index contributed by atoms with van der Waals surface area (Å²) >= 11 is 2.89. The van der Waals surface area contributed by atoms with Gasteiger partial charge in [0, 0.05) is 4.90 Å². The summed E-state index contributed by atoms with van der Waals surface area (Å²) in [4.78, 5) is 16.0. The summed E-state index contributed by atoms with van der Waals surface area (Å²) in [6.45, 7) is 4.05. The largest absolute Gasteiger partial charge is 0.278 e. The number of nitrogens with zero attached hydrogens (tertiary/aromatic N) is 1. The first-order chi connectivity index (χ1) is 11.5. The second-order valence-electron chi connectivity index (χ2n) is 5.60. The fraction of sp³-hybridized carbons (Fsp3) is 0.158. The number of rotatable bonds is 3. The van der Waals surface area contributed by atoms with E-state index < -0.39 is 0 Å². The van der Waals surface area contributed by atoms with Crippen LogP contribution in [0.4, 0.5) is 5.69 Å². The van der Waals surface area contributed by atoms with Crippen LogP contribution in [-0.4, -0.2) is 17.3 Å². The molecule has 3 nitrogen and oxygen atoms in total. The number of hydrogen-bond acceptors (Lipinski definition) is 4. The van der Waals surface area contributed by atoms with Crippen LogP contribution in [0.3, 0.4) is 0 Å². The number of hydrogen-bond donors (Lipinski definition) is 1. The van der Waals surface area contributed by atoms with Crippen molar-refractivity contribution in [1.82, 2.24) is 0 Å². The normalized spacial score (nSPS) is 16.3. The van der Waals surface area contributed by atoms with Gasteiger partial charge < -0.3 is 0 Å². The Labute approximate surface area is 150 Å². The number of carbonyl (C=O) groups is 1. The van der Waals surface area contributed by atoms with Gasteiger partial charge >= 0.3 is 0 Å². The van der Waals surface area contributed by atoms with Crippen LogP contribution in [0.2, 0.25) is 0 Å². The van der Waals surface area contributed by atoms with Gasteiger partial charge in [-0.1, -0.05) is 18.2 Å². The summed E-state index contributed by atoms with van der Waals surface area (Å²) in [6.07, 6.45) is 3.89. The maximum Gasteiger partial charge on any atom is 0.271 e. The Hall–Kier alpha value is -1.98. The predicted molar refractivity (Wildman–Crippen MR) is 105 cm³/mol. The average Bonchev–Trinajstić information content (AvgIpc) is 2.85.